The molecule has 1 N–H and O–H groups in total. The zero-order chi connectivity index (χ0) is 12.3. The molecular weight excluding hydrogens is 264 g/mol. The number of carbonyl (C=O) groups is 1. The molecule has 0 aliphatic carbocycles. The number of nitrogens with one attached hydrogen (secondary N) is 1. The first kappa shape index (κ1) is 12.7. The molecule has 1 atom stereocenters. The van der Waals surface area contributed by atoms with E-state index in [1.165, 1.54) is 0 Å². The Balaban J connectivity index is 2.06. The lowest BCUT2D eigenvalue weighted by Crippen LogP contribution is -2.52. The summed E-state index contributed by atoms with van der Waals surface area (Å²) in [6.07, 6.45) is 0. The van der Waals surface area contributed by atoms with Gasteiger partial charge in [0.15, 0.2) is 0 Å². The van der Waals surface area contributed by atoms with Crippen LogP contribution >= 0.6 is 23.1 Å². The smallest absolute Gasteiger partial charge is 0.239 e. The predicted molar refractivity (Wildman–Crippen MR) is 64.0 cm³/mol. The van der Waals surface area contributed by atoms with Crippen LogP contribution in [0.5, 0.6) is 0 Å². The molecule has 1 aromatic rings. The van der Waals surface area contributed by atoms with Crippen molar-refractivity contribution in [2.45, 2.75) is 12.6 Å². The molecule has 0 radical (unpaired) electrons. The van der Waals surface area contributed by atoms with Gasteiger partial charge in [-0.1, -0.05) is 16.1 Å². The van der Waals surface area contributed by atoms with E-state index in [9.17, 15) is 4.79 Å². The second-order valence-electron chi connectivity index (χ2n) is 3.67. The number of rotatable bonds is 3. The Morgan fingerprint density at radius 1 is 1.76 bits per heavy atom. The van der Waals surface area contributed by atoms with E-state index in [0.29, 0.717) is 36.3 Å². The summed E-state index contributed by atoms with van der Waals surface area (Å²) in [5.74, 6) is -0.0518. The lowest BCUT2D eigenvalue weighted by atomic mass is 10.2. The Morgan fingerprint density at radius 3 is 3.24 bits per heavy atom. The number of amides is 1. The standard InChI is InChI=1S/C9H13ClN4O2S/c1-11-9(15)7-5-16-3-2-14(7)4-6-8(10)17-13-12-6/h7H,2-5H2,1H3,(H,11,15). The molecule has 94 valence electrons. The number of halogens is 1. The van der Waals surface area contributed by atoms with Gasteiger partial charge in [-0.15, -0.1) is 5.10 Å². The minimum atomic E-state index is -0.286. The summed E-state index contributed by atoms with van der Waals surface area (Å²) in [6, 6.07) is -0.286. The average Bonchev–Trinajstić information content (AvgIpc) is 2.75. The highest BCUT2D eigenvalue weighted by atomic mass is 35.5. The van der Waals surface area contributed by atoms with Crippen LogP contribution in [0.25, 0.3) is 0 Å². The fraction of sp³-hybridized carbons (Fsp3) is 0.667. The lowest BCUT2D eigenvalue weighted by Gasteiger charge is -2.33. The van der Waals surface area contributed by atoms with Crippen LogP contribution < -0.4 is 5.32 Å². The van der Waals surface area contributed by atoms with Gasteiger partial charge in [0.05, 0.1) is 13.2 Å². The van der Waals surface area contributed by atoms with Crippen LogP contribution in [0.3, 0.4) is 0 Å². The second-order valence-corrected chi connectivity index (χ2v) is 5.02. The minimum absolute atomic E-state index is 0.0518. The first-order valence-electron chi connectivity index (χ1n) is 5.22. The summed E-state index contributed by atoms with van der Waals surface area (Å²) in [5.41, 5.74) is 0.715. The van der Waals surface area contributed by atoms with Crippen molar-refractivity contribution in [1.82, 2.24) is 19.8 Å². The van der Waals surface area contributed by atoms with Gasteiger partial charge in [-0.2, -0.15) is 0 Å². The van der Waals surface area contributed by atoms with Crippen LogP contribution in [0.1, 0.15) is 5.69 Å². The van der Waals surface area contributed by atoms with Gasteiger partial charge in [0.25, 0.3) is 0 Å². The summed E-state index contributed by atoms with van der Waals surface area (Å²) in [7, 11) is 1.62. The van der Waals surface area contributed by atoms with Gasteiger partial charge in [0.2, 0.25) is 5.91 Å². The molecule has 8 heteroatoms. The molecule has 1 aromatic heterocycles. The van der Waals surface area contributed by atoms with Crippen LogP contribution in [0.2, 0.25) is 4.34 Å². The van der Waals surface area contributed by atoms with Crippen LogP contribution in [0.15, 0.2) is 0 Å². The van der Waals surface area contributed by atoms with Gasteiger partial charge in [0.1, 0.15) is 16.1 Å². The number of morpholine rings is 1. The molecule has 1 amide bonds. The molecule has 1 unspecified atom stereocenters. The average molecular weight is 277 g/mol. The number of likely N-dealkylation sites (N-methyl/N-ethyl adjacent to an activating group) is 1. The molecule has 2 heterocycles. The minimum Gasteiger partial charge on any atom is -0.378 e. The van der Waals surface area contributed by atoms with E-state index in [4.69, 9.17) is 16.3 Å². The van der Waals surface area contributed by atoms with E-state index in [-0.39, 0.29) is 11.9 Å². The maximum absolute atomic E-state index is 11.7. The highest BCUT2D eigenvalue weighted by Crippen LogP contribution is 2.20. The zero-order valence-corrected chi connectivity index (χ0v) is 10.9. The van der Waals surface area contributed by atoms with Crippen molar-refractivity contribution in [3.8, 4) is 0 Å². The number of nitrogens with zero attached hydrogens (tertiary/aromatic N) is 3. The van der Waals surface area contributed by atoms with Crippen molar-refractivity contribution in [3.63, 3.8) is 0 Å². The third-order valence-corrected chi connectivity index (χ3v) is 3.64. The molecule has 0 spiro atoms. The molecule has 0 bridgehead atoms. The Hall–Kier alpha value is -0.760. The third-order valence-electron chi connectivity index (χ3n) is 2.65. The van der Waals surface area contributed by atoms with E-state index in [2.05, 4.69) is 14.9 Å². The van der Waals surface area contributed by atoms with Gasteiger partial charge < -0.3 is 10.1 Å². The van der Waals surface area contributed by atoms with Gasteiger partial charge in [0, 0.05) is 31.7 Å². The van der Waals surface area contributed by atoms with Crippen molar-refractivity contribution >= 4 is 29.0 Å². The van der Waals surface area contributed by atoms with E-state index in [0.717, 1.165) is 11.5 Å². The van der Waals surface area contributed by atoms with E-state index in [1.54, 1.807) is 7.05 Å². The summed E-state index contributed by atoms with van der Waals surface area (Å²) < 4.78 is 9.67. The van der Waals surface area contributed by atoms with Crippen molar-refractivity contribution in [2.24, 2.45) is 0 Å². The van der Waals surface area contributed by atoms with Crippen LogP contribution in [-0.2, 0) is 16.1 Å². The summed E-state index contributed by atoms with van der Waals surface area (Å²) >= 11 is 7.11. The second kappa shape index (κ2) is 5.72. The SMILES string of the molecule is CNC(=O)C1COCCN1Cc1nnsc1Cl. The lowest BCUT2D eigenvalue weighted by molar-refractivity contribution is -0.132. The molecule has 17 heavy (non-hydrogen) atoms. The molecule has 6 nitrogen and oxygen atoms in total. The van der Waals surface area contributed by atoms with Crippen molar-refractivity contribution in [2.75, 3.05) is 26.8 Å². The summed E-state index contributed by atoms with van der Waals surface area (Å²) in [4.78, 5) is 13.7. The largest absolute Gasteiger partial charge is 0.378 e. The fourth-order valence-electron chi connectivity index (χ4n) is 1.72. The van der Waals surface area contributed by atoms with Crippen molar-refractivity contribution < 1.29 is 9.53 Å². The monoisotopic (exact) mass is 276 g/mol. The van der Waals surface area contributed by atoms with Crippen LogP contribution in [0.4, 0.5) is 0 Å². The Kier molecular flexibility index (Phi) is 4.27. The fourth-order valence-corrected chi connectivity index (χ4v) is 2.33. The number of hydrogen-bond acceptors (Lipinski definition) is 6. The van der Waals surface area contributed by atoms with Gasteiger partial charge in [-0.05, 0) is 0 Å². The molecule has 0 aromatic carbocycles. The summed E-state index contributed by atoms with van der Waals surface area (Å²) in [6.45, 7) is 2.22. The van der Waals surface area contributed by atoms with Crippen LogP contribution in [0, 0.1) is 0 Å². The molecule has 0 saturated carbocycles. The van der Waals surface area contributed by atoms with E-state index < -0.39 is 0 Å². The highest BCUT2D eigenvalue weighted by molar-refractivity contribution is 7.10. The van der Waals surface area contributed by atoms with Crippen molar-refractivity contribution in [1.29, 1.82) is 0 Å². The number of aromatic nitrogens is 2. The zero-order valence-electron chi connectivity index (χ0n) is 9.35. The molecule has 1 fully saturated rings. The third kappa shape index (κ3) is 2.92. The highest BCUT2D eigenvalue weighted by Gasteiger charge is 2.29. The van der Waals surface area contributed by atoms with Gasteiger partial charge in [-0.25, -0.2) is 0 Å². The van der Waals surface area contributed by atoms with E-state index in [1.807, 2.05) is 4.90 Å². The van der Waals surface area contributed by atoms with Gasteiger partial charge in [-0.3, -0.25) is 9.69 Å². The van der Waals surface area contributed by atoms with Crippen molar-refractivity contribution in [3.05, 3.63) is 10.0 Å². The normalized spacial score (nSPS) is 21.4. The number of carbonyl (C=O) groups excluding carboxylic acids is 1. The quantitative estimate of drug-likeness (QED) is 0.851. The maximum atomic E-state index is 11.7. The topological polar surface area (TPSA) is 67.3 Å². The molecule has 1 aliphatic heterocycles. The molecule has 1 aliphatic rings. The summed E-state index contributed by atoms with van der Waals surface area (Å²) in [5, 5.41) is 6.58. The van der Waals surface area contributed by atoms with E-state index >= 15 is 0 Å². The first-order chi connectivity index (χ1) is 8.22. The Morgan fingerprint density at radius 2 is 2.59 bits per heavy atom. The molecule has 1 saturated heterocycles. The Bertz CT molecular complexity index is 400. The number of hydrogen-bond donors (Lipinski definition) is 1. The predicted octanol–water partition coefficient (Wildman–Crippen LogP) is 0.138. The van der Waals surface area contributed by atoms with Crippen LogP contribution in [-0.4, -0.2) is 53.2 Å². The Labute approximate surface area is 108 Å². The number of ether oxygens (including phenoxy) is 1. The van der Waals surface area contributed by atoms with Gasteiger partial charge >= 0.3 is 0 Å². The maximum Gasteiger partial charge on any atom is 0.239 e. The first-order valence-corrected chi connectivity index (χ1v) is 6.37. The molecular formula is C9H13ClN4O2S. The molecule has 2 rings (SSSR count).